The average Bonchev–Trinajstić information content (AvgIpc) is 2.62. The molecule has 0 bridgehead atoms. The van der Waals surface area contributed by atoms with E-state index in [2.05, 4.69) is 15.7 Å². The summed E-state index contributed by atoms with van der Waals surface area (Å²) < 4.78 is 1.75. The van der Waals surface area contributed by atoms with Gasteiger partial charge in [0.1, 0.15) is 0 Å². The van der Waals surface area contributed by atoms with E-state index in [1.54, 1.807) is 10.9 Å². The Morgan fingerprint density at radius 2 is 2.12 bits per heavy atom. The summed E-state index contributed by atoms with van der Waals surface area (Å²) >= 11 is 0. The lowest BCUT2D eigenvalue weighted by Crippen LogP contribution is -2.39. The van der Waals surface area contributed by atoms with Crippen LogP contribution in [0.25, 0.3) is 0 Å². The fourth-order valence-electron chi connectivity index (χ4n) is 2.21. The van der Waals surface area contributed by atoms with Crippen molar-refractivity contribution >= 4 is 11.7 Å². The zero-order valence-electron chi connectivity index (χ0n) is 10.5. The van der Waals surface area contributed by atoms with Gasteiger partial charge < -0.3 is 10.6 Å². The highest BCUT2D eigenvalue weighted by molar-refractivity contribution is 5.89. The molecule has 0 aromatic carbocycles. The zero-order valence-corrected chi connectivity index (χ0v) is 10.5. The largest absolute Gasteiger partial charge is 0.335 e. The average molecular weight is 236 g/mol. The number of anilines is 1. The van der Waals surface area contributed by atoms with E-state index in [4.69, 9.17) is 0 Å². The Bertz CT molecular complexity index is 393. The van der Waals surface area contributed by atoms with Gasteiger partial charge in [-0.2, -0.15) is 5.10 Å². The molecule has 1 aromatic rings. The fourth-order valence-corrected chi connectivity index (χ4v) is 2.21. The number of nitrogens with one attached hydrogen (secondary N) is 2. The third kappa shape index (κ3) is 2.99. The topological polar surface area (TPSA) is 59.0 Å². The first-order chi connectivity index (χ1) is 8.16. The molecular weight excluding hydrogens is 216 g/mol. The monoisotopic (exact) mass is 236 g/mol. The first kappa shape index (κ1) is 12.0. The molecule has 1 heterocycles. The second-order valence-corrected chi connectivity index (χ2v) is 4.70. The van der Waals surface area contributed by atoms with Crippen molar-refractivity contribution in [3.8, 4) is 0 Å². The van der Waals surface area contributed by atoms with Gasteiger partial charge in [0.05, 0.1) is 17.6 Å². The summed E-state index contributed by atoms with van der Waals surface area (Å²) in [7, 11) is 1.86. The lowest BCUT2D eigenvalue weighted by molar-refractivity contribution is 0.244. The van der Waals surface area contributed by atoms with Gasteiger partial charge in [0.2, 0.25) is 0 Å². The number of carbonyl (C=O) groups is 1. The van der Waals surface area contributed by atoms with Crippen LogP contribution in [0.1, 0.15) is 37.8 Å². The number of hydrogen-bond donors (Lipinski definition) is 2. The van der Waals surface area contributed by atoms with Crippen molar-refractivity contribution in [3.63, 3.8) is 0 Å². The summed E-state index contributed by atoms with van der Waals surface area (Å²) in [6.07, 6.45) is 7.60. The standard InChI is InChI=1S/C12H20N4O/c1-9-11(8-13-16(9)2)15-12(17)14-10-6-4-3-5-7-10/h8,10H,3-7H2,1-2H3,(H2,14,15,17). The molecule has 0 aliphatic heterocycles. The van der Waals surface area contributed by atoms with E-state index in [9.17, 15) is 4.79 Å². The molecule has 1 aliphatic rings. The number of aromatic nitrogens is 2. The minimum Gasteiger partial charge on any atom is -0.335 e. The van der Waals surface area contributed by atoms with E-state index < -0.39 is 0 Å². The van der Waals surface area contributed by atoms with Crippen molar-refractivity contribution < 1.29 is 4.79 Å². The molecule has 1 aliphatic carbocycles. The molecule has 1 aromatic heterocycles. The van der Waals surface area contributed by atoms with Crippen molar-refractivity contribution in [2.45, 2.75) is 45.1 Å². The second kappa shape index (κ2) is 5.21. The number of aryl methyl sites for hydroxylation is 1. The lowest BCUT2D eigenvalue weighted by Gasteiger charge is -2.22. The number of carbonyl (C=O) groups excluding carboxylic acids is 1. The van der Waals surface area contributed by atoms with Crippen molar-refractivity contribution in [2.24, 2.45) is 7.05 Å². The van der Waals surface area contributed by atoms with E-state index in [0.29, 0.717) is 6.04 Å². The number of rotatable bonds is 2. The van der Waals surface area contributed by atoms with Crippen LogP contribution >= 0.6 is 0 Å². The quantitative estimate of drug-likeness (QED) is 0.827. The van der Waals surface area contributed by atoms with Crippen LogP contribution in [0.2, 0.25) is 0 Å². The molecule has 0 unspecified atom stereocenters. The Balaban J connectivity index is 1.86. The third-order valence-corrected chi connectivity index (χ3v) is 3.42. The van der Waals surface area contributed by atoms with Crippen LogP contribution in [-0.2, 0) is 7.05 Å². The Morgan fingerprint density at radius 3 is 2.71 bits per heavy atom. The molecule has 0 radical (unpaired) electrons. The number of amides is 2. The number of urea groups is 1. The molecule has 2 rings (SSSR count). The molecule has 1 fully saturated rings. The van der Waals surface area contributed by atoms with Gasteiger partial charge in [-0.15, -0.1) is 0 Å². The van der Waals surface area contributed by atoms with Crippen LogP contribution in [0.5, 0.6) is 0 Å². The highest BCUT2D eigenvalue weighted by Gasteiger charge is 2.16. The van der Waals surface area contributed by atoms with E-state index in [1.165, 1.54) is 19.3 Å². The number of nitrogens with zero attached hydrogens (tertiary/aromatic N) is 2. The van der Waals surface area contributed by atoms with Gasteiger partial charge in [-0.25, -0.2) is 4.79 Å². The van der Waals surface area contributed by atoms with Gasteiger partial charge in [-0.1, -0.05) is 19.3 Å². The van der Waals surface area contributed by atoms with Gasteiger partial charge in [-0.05, 0) is 19.8 Å². The van der Waals surface area contributed by atoms with Crippen LogP contribution < -0.4 is 10.6 Å². The molecule has 0 atom stereocenters. The van der Waals surface area contributed by atoms with Crippen molar-refractivity contribution in [1.29, 1.82) is 0 Å². The van der Waals surface area contributed by atoms with E-state index >= 15 is 0 Å². The predicted molar refractivity (Wildman–Crippen MR) is 67.0 cm³/mol. The second-order valence-electron chi connectivity index (χ2n) is 4.70. The Labute approximate surface area is 102 Å². The SMILES string of the molecule is Cc1c(NC(=O)NC2CCCCC2)cnn1C. The lowest BCUT2D eigenvalue weighted by atomic mass is 9.96. The molecule has 5 nitrogen and oxygen atoms in total. The third-order valence-electron chi connectivity index (χ3n) is 3.42. The molecule has 2 N–H and O–H groups in total. The van der Waals surface area contributed by atoms with Gasteiger partial charge in [-0.3, -0.25) is 4.68 Å². The van der Waals surface area contributed by atoms with Gasteiger partial charge in [0.15, 0.2) is 0 Å². The van der Waals surface area contributed by atoms with Crippen molar-refractivity contribution in [2.75, 3.05) is 5.32 Å². The Morgan fingerprint density at radius 1 is 1.41 bits per heavy atom. The minimum absolute atomic E-state index is 0.118. The molecule has 94 valence electrons. The van der Waals surface area contributed by atoms with Gasteiger partial charge in [0, 0.05) is 13.1 Å². The first-order valence-electron chi connectivity index (χ1n) is 6.23. The first-order valence-corrected chi connectivity index (χ1v) is 6.23. The summed E-state index contributed by atoms with van der Waals surface area (Å²) in [5.74, 6) is 0. The fraction of sp³-hybridized carbons (Fsp3) is 0.667. The van der Waals surface area contributed by atoms with Crippen molar-refractivity contribution in [1.82, 2.24) is 15.1 Å². The summed E-state index contributed by atoms with van der Waals surface area (Å²) in [5.41, 5.74) is 1.74. The van der Waals surface area contributed by atoms with Crippen LogP contribution in [0.3, 0.4) is 0 Å². The summed E-state index contributed by atoms with van der Waals surface area (Å²) in [4.78, 5) is 11.8. The molecule has 5 heteroatoms. The van der Waals surface area contributed by atoms with Gasteiger partial charge >= 0.3 is 6.03 Å². The van der Waals surface area contributed by atoms with E-state index in [1.807, 2.05) is 14.0 Å². The van der Waals surface area contributed by atoms with Crippen LogP contribution in [0.4, 0.5) is 10.5 Å². The minimum atomic E-state index is -0.118. The molecule has 0 spiro atoms. The normalized spacial score (nSPS) is 16.8. The predicted octanol–water partition coefficient (Wildman–Crippen LogP) is 2.18. The van der Waals surface area contributed by atoms with E-state index in [0.717, 1.165) is 24.2 Å². The summed E-state index contributed by atoms with van der Waals surface area (Å²) in [6.45, 7) is 1.93. The summed E-state index contributed by atoms with van der Waals surface area (Å²) in [6, 6.07) is 0.216. The molecule has 0 saturated heterocycles. The zero-order chi connectivity index (χ0) is 12.3. The molecule has 1 saturated carbocycles. The van der Waals surface area contributed by atoms with Crippen LogP contribution in [0.15, 0.2) is 6.20 Å². The Kier molecular flexibility index (Phi) is 3.66. The molecule has 17 heavy (non-hydrogen) atoms. The van der Waals surface area contributed by atoms with Crippen molar-refractivity contribution in [3.05, 3.63) is 11.9 Å². The highest BCUT2D eigenvalue weighted by Crippen LogP contribution is 2.18. The van der Waals surface area contributed by atoms with Crippen LogP contribution in [0, 0.1) is 6.92 Å². The van der Waals surface area contributed by atoms with E-state index in [-0.39, 0.29) is 6.03 Å². The Hall–Kier alpha value is -1.52. The van der Waals surface area contributed by atoms with Crippen LogP contribution in [-0.4, -0.2) is 21.9 Å². The maximum absolute atomic E-state index is 11.8. The molecular formula is C12H20N4O. The maximum Gasteiger partial charge on any atom is 0.319 e. The van der Waals surface area contributed by atoms with Gasteiger partial charge in [0.25, 0.3) is 0 Å². The summed E-state index contributed by atoms with van der Waals surface area (Å²) in [5, 5.41) is 9.95. The highest BCUT2D eigenvalue weighted by atomic mass is 16.2. The number of hydrogen-bond acceptors (Lipinski definition) is 2. The smallest absolute Gasteiger partial charge is 0.319 e. The maximum atomic E-state index is 11.8. The molecule has 2 amide bonds.